The van der Waals surface area contributed by atoms with E-state index in [0.29, 0.717) is 35.6 Å². The second-order valence-corrected chi connectivity index (χ2v) is 6.65. The van der Waals surface area contributed by atoms with E-state index in [0.717, 1.165) is 25.1 Å². The number of hydrogen-bond acceptors (Lipinski definition) is 5. The van der Waals surface area contributed by atoms with Gasteiger partial charge in [0.2, 0.25) is 5.91 Å². The van der Waals surface area contributed by atoms with E-state index < -0.39 is 11.7 Å². The zero-order chi connectivity index (χ0) is 19.7. The van der Waals surface area contributed by atoms with Crippen molar-refractivity contribution in [1.82, 2.24) is 19.9 Å². The number of aromatic amines is 1. The van der Waals surface area contributed by atoms with Crippen LogP contribution in [0.5, 0.6) is 0 Å². The summed E-state index contributed by atoms with van der Waals surface area (Å²) in [5.74, 6) is 0.165. The molecule has 28 heavy (non-hydrogen) atoms. The van der Waals surface area contributed by atoms with Crippen molar-refractivity contribution in [3.8, 4) is 0 Å². The summed E-state index contributed by atoms with van der Waals surface area (Å²) >= 11 is 0. The van der Waals surface area contributed by atoms with Crippen LogP contribution in [0.25, 0.3) is 11.2 Å². The van der Waals surface area contributed by atoms with Crippen LogP contribution in [0.1, 0.15) is 18.4 Å². The number of piperidine rings is 1. The number of carbonyl (C=O) groups excluding carboxylic acids is 1. The van der Waals surface area contributed by atoms with Crippen molar-refractivity contribution < 1.29 is 18.0 Å². The molecule has 1 aromatic carbocycles. The monoisotopic (exact) mass is 390 g/mol. The Labute approximate surface area is 158 Å². The van der Waals surface area contributed by atoms with Gasteiger partial charge in [0.1, 0.15) is 11.8 Å². The number of hydrogen-bond donors (Lipinski definition) is 2. The Hall–Kier alpha value is -3.17. The average molecular weight is 390 g/mol. The summed E-state index contributed by atoms with van der Waals surface area (Å²) in [4.78, 5) is 30.2. The Morgan fingerprint density at radius 2 is 1.96 bits per heavy atom. The lowest BCUT2D eigenvalue weighted by Gasteiger charge is -2.32. The largest absolute Gasteiger partial charge is 0.416 e. The first-order valence-corrected chi connectivity index (χ1v) is 8.79. The van der Waals surface area contributed by atoms with Crippen molar-refractivity contribution in [3.05, 3.63) is 42.5 Å². The summed E-state index contributed by atoms with van der Waals surface area (Å²) in [6, 6.07) is 4.44. The lowest BCUT2D eigenvalue weighted by Crippen LogP contribution is -2.41. The number of aromatic nitrogens is 4. The second-order valence-electron chi connectivity index (χ2n) is 6.65. The molecule has 3 heterocycles. The highest BCUT2D eigenvalue weighted by atomic mass is 19.4. The normalized spacial score (nSPS) is 17.7. The van der Waals surface area contributed by atoms with Gasteiger partial charge < -0.3 is 15.2 Å². The minimum atomic E-state index is -4.40. The predicted molar refractivity (Wildman–Crippen MR) is 96.7 cm³/mol. The molecule has 1 aliphatic heterocycles. The van der Waals surface area contributed by atoms with Crippen LogP contribution in [0, 0.1) is 5.92 Å². The van der Waals surface area contributed by atoms with Gasteiger partial charge in [-0.05, 0) is 37.1 Å². The molecular formula is C18H17F3N6O. The molecule has 0 spiro atoms. The molecule has 0 radical (unpaired) electrons. The Morgan fingerprint density at radius 3 is 2.71 bits per heavy atom. The zero-order valence-corrected chi connectivity index (χ0v) is 14.7. The van der Waals surface area contributed by atoms with E-state index in [-0.39, 0.29) is 11.8 Å². The third-order valence-electron chi connectivity index (χ3n) is 4.77. The summed E-state index contributed by atoms with van der Waals surface area (Å²) in [7, 11) is 0. The van der Waals surface area contributed by atoms with Crippen LogP contribution in [0.15, 0.2) is 36.9 Å². The molecule has 1 fully saturated rings. The van der Waals surface area contributed by atoms with Crippen LogP contribution >= 0.6 is 0 Å². The zero-order valence-electron chi connectivity index (χ0n) is 14.7. The molecule has 1 saturated heterocycles. The number of nitrogens with zero attached hydrogens (tertiary/aromatic N) is 4. The highest BCUT2D eigenvalue weighted by Crippen LogP contribution is 2.30. The van der Waals surface area contributed by atoms with Gasteiger partial charge in [-0.3, -0.25) is 4.79 Å². The summed E-state index contributed by atoms with van der Waals surface area (Å²) in [6.07, 6.45) is 0.0683. The van der Waals surface area contributed by atoms with Crippen molar-refractivity contribution in [2.24, 2.45) is 5.92 Å². The molecule has 7 nitrogen and oxygen atoms in total. The van der Waals surface area contributed by atoms with E-state index in [4.69, 9.17) is 0 Å². The first kappa shape index (κ1) is 18.2. The van der Waals surface area contributed by atoms with E-state index in [2.05, 4.69) is 25.3 Å². The number of alkyl halides is 3. The third-order valence-corrected chi connectivity index (χ3v) is 4.77. The minimum absolute atomic E-state index is 0.223. The molecule has 1 aliphatic rings. The Kier molecular flexibility index (Phi) is 4.62. The molecule has 1 amide bonds. The fourth-order valence-electron chi connectivity index (χ4n) is 3.36. The van der Waals surface area contributed by atoms with Crippen molar-refractivity contribution >= 4 is 28.6 Å². The number of nitrogens with one attached hydrogen (secondary N) is 2. The lowest BCUT2D eigenvalue weighted by atomic mass is 9.97. The van der Waals surface area contributed by atoms with E-state index in [1.807, 2.05) is 4.90 Å². The molecule has 146 valence electrons. The fraction of sp³-hybridized carbons (Fsp3) is 0.333. The summed E-state index contributed by atoms with van der Waals surface area (Å²) in [6.45, 7) is 1.20. The van der Waals surface area contributed by atoms with Crippen molar-refractivity contribution in [2.45, 2.75) is 19.0 Å². The molecule has 10 heteroatoms. The molecule has 1 atom stereocenters. The molecule has 2 aromatic heterocycles. The molecule has 0 saturated carbocycles. The summed E-state index contributed by atoms with van der Waals surface area (Å²) < 4.78 is 38.0. The van der Waals surface area contributed by atoms with E-state index in [1.54, 1.807) is 6.33 Å². The molecule has 0 aliphatic carbocycles. The van der Waals surface area contributed by atoms with Gasteiger partial charge in [-0.15, -0.1) is 0 Å². The molecule has 3 aromatic rings. The lowest BCUT2D eigenvalue weighted by molar-refractivity contribution is -0.137. The number of H-pyrrole nitrogens is 1. The van der Waals surface area contributed by atoms with Crippen LogP contribution < -0.4 is 10.2 Å². The number of fused-ring (bicyclic) bond motifs is 1. The smallest absolute Gasteiger partial charge is 0.354 e. The topological polar surface area (TPSA) is 86.8 Å². The molecule has 4 rings (SSSR count). The Bertz CT molecular complexity index is 985. The van der Waals surface area contributed by atoms with E-state index >= 15 is 0 Å². The van der Waals surface area contributed by atoms with Crippen LogP contribution in [-0.2, 0) is 11.0 Å². The van der Waals surface area contributed by atoms with Crippen LogP contribution in [-0.4, -0.2) is 38.9 Å². The maximum atomic E-state index is 12.7. The van der Waals surface area contributed by atoms with Gasteiger partial charge in [-0.1, -0.05) is 0 Å². The van der Waals surface area contributed by atoms with Crippen molar-refractivity contribution in [1.29, 1.82) is 0 Å². The maximum absolute atomic E-state index is 12.7. The first-order chi connectivity index (χ1) is 13.4. The number of carbonyl (C=O) groups is 1. The first-order valence-electron chi connectivity index (χ1n) is 8.79. The van der Waals surface area contributed by atoms with Gasteiger partial charge in [0.05, 0.1) is 17.8 Å². The average Bonchev–Trinajstić information content (AvgIpc) is 3.16. The number of benzene rings is 1. The van der Waals surface area contributed by atoms with E-state index in [1.165, 1.54) is 18.5 Å². The van der Waals surface area contributed by atoms with Gasteiger partial charge >= 0.3 is 6.18 Å². The number of anilines is 2. The van der Waals surface area contributed by atoms with Gasteiger partial charge in [0, 0.05) is 18.8 Å². The van der Waals surface area contributed by atoms with Gasteiger partial charge in [0.15, 0.2) is 11.5 Å². The SMILES string of the molecule is O=C(Nc1ccc(C(F)(F)F)cc1)[C@@H]1CCCN(c2ncnc3nc[nH]c23)C1. The number of imidazole rings is 1. The third kappa shape index (κ3) is 3.62. The second kappa shape index (κ2) is 7.10. The minimum Gasteiger partial charge on any atom is -0.354 e. The van der Waals surface area contributed by atoms with E-state index in [9.17, 15) is 18.0 Å². The molecule has 2 N–H and O–H groups in total. The summed E-state index contributed by atoms with van der Waals surface area (Å²) in [5.41, 5.74) is 0.863. The number of rotatable bonds is 3. The standard InChI is InChI=1S/C18H17F3N6O/c19-18(20,21)12-3-5-13(6-4-12)26-17(28)11-2-1-7-27(8-11)16-14-15(23-9-22-14)24-10-25-16/h3-6,9-11H,1-2,7-8H2,(H,26,28)(H,22,23,24,25)/t11-/m1/s1. The summed E-state index contributed by atoms with van der Waals surface area (Å²) in [5, 5.41) is 2.71. The molecular weight excluding hydrogens is 373 g/mol. The highest BCUT2D eigenvalue weighted by molar-refractivity contribution is 5.93. The fourth-order valence-corrected chi connectivity index (χ4v) is 3.36. The van der Waals surface area contributed by atoms with Gasteiger partial charge in [-0.25, -0.2) is 15.0 Å². The quantitative estimate of drug-likeness (QED) is 0.717. The van der Waals surface area contributed by atoms with Crippen LogP contribution in [0.4, 0.5) is 24.7 Å². The predicted octanol–water partition coefficient (Wildman–Crippen LogP) is 3.23. The molecule has 0 bridgehead atoms. The Morgan fingerprint density at radius 1 is 1.18 bits per heavy atom. The maximum Gasteiger partial charge on any atom is 0.416 e. The van der Waals surface area contributed by atoms with Crippen LogP contribution in [0.2, 0.25) is 0 Å². The number of halogens is 3. The Balaban J connectivity index is 1.46. The van der Waals surface area contributed by atoms with Gasteiger partial charge in [0.25, 0.3) is 0 Å². The van der Waals surface area contributed by atoms with Gasteiger partial charge in [-0.2, -0.15) is 13.2 Å². The van der Waals surface area contributed by atoms with Crippen molar-refractivity contribution in [3.63, 3.8) is 0 Å². The van der Waals surface area contributed by atoms with Crippen LogP contribution in [0.3, 0.4) is 0 Å². The molecule has 0 unspecified atom stereocenters. The number of amides is 1. The highest BCUT2D eigenvalue weighted by Gasteiger charge is 2.31. The van der Waals surface area contributed by atoms with Crippen molar-refractivity contribution in [2.75, 3.05) is 23.3 Å².